The van der Waals surface area contributed by atoms with Crippen molar-refractivity contribution in [1.29, 1.82) is 0 Å². The molecule has 190 valence electrons. The number of nitrogen functional groups attached to an aromatic ring is 1. The number of benzene rings is 3. The second-order valence-corrected chi connectivity index (χ2v) is 10.5. The van der Waals surface area contributed by atoms with Crippen LogP contribution in [-0.2, 0) is 19.6 Å². The Morgan fingerprint density at radius 1 is 1.05 bits per heavy atom. The molecule has 1 aromatic heterocycles. The van der Waals surface area contributed by atoms with E-state index in [0.29, 0.717) is 11.4 Å². The Morgan fingerprint density at radius 2 is 1.76 bits per heavy atom. The Morgan fingerprint density at radius 3 is 2.41 bits per heavy atom. The molecule has 0 saturated heterocycles. The summed E-state index contributed by atoms with van der Waals surface area (Å²) in [6.07, 6.45) is 0. The first kappa shape index (κ1) is 26.3. The Kier molecular flexibility index (Phi) is 7.31. The van der Waals surface area contributed by atoms with E-state index in [2.05, 4.69) is 11.9 Å². The first-order valence-electron chi connectivity index (χ1n) is 10.9. The maximum atomic E-state index is 13.9. The summed E-state index contributed by atoms with van der Waals surface area (Å²) in [5.41, 5.74) is 5.82. The van der Waals surface area contributed by atoms with Gasteiger partial charge in [0.05, 0.1) is 22.0 Å². The highest BCUT2D eigenvalue weighted by molar-refractivity contribution is 7.90. The van der Waals surface area contributed by atoms with Crippen LogP contribution in [0.4, 0.5) is 11.4 Å². The first-order valence-corrected chi connectivity index (χ1v) is 13.1. The molecule has 0 aliphatic carbocycles. The number of anilines is 2. The van der Waals surface area contributed by atoms with Gasteiger partial charge in [0.25, 0.3) is 15.9 Å². The summed E-state index contributed by atoms with van der Waals surface area (Å²) in [6.45, 7) is 5.39. The lowest BCUT2D eigenvalue weighted by molar-refractivity contribution is -0.111. The smallest absolute Gasteiger partial charge is 0.356 e. The zero-order valence-electron chi connectivity index (χ0n) is 19.5. The number of ether oxygens (including phenoxy) is 1. The second kappa shape index (κ2) is 10.3. The van der Waals surface area contributed by atoms with Crippen molar-refractivity contribution in [1.82, 2.24) is 3.97 Å². The largest absolute Gasteiger partial charge is 0.461 e. The van der Waals surface area contributed by atoms with Crippen LogP contribution in [0.2, 0.25) is 10.0 Å². The Balaban J connectivity index is 2.04. The van der Waals surface area contributed by atoms with Crippen molar-refractivity contribution in [2.24, 2.45) is 0 Å². The number of fused-ring (bicyclic) bond motifs is 1. The minimum absolute atomic E-state index is 0.0164. The van der Waals surface area contributed by atoms with Gasteiger partial charge in [0.1, 0.15) is 0 Å². The Bertz CT molecular complexity index is 1660. The number of carbonyl (C=O) groups is 2. The molecular formula is C26H21Cl2N3O5S. The third-order valence-corrected chi connectivity index (χ3v) is 7.66. The number of nitrogens with zero attached hydrogens (tertiary/aromatic N) is 1. The van der Waals surface area contributed by atoms with Gasteiger partial charge in [-0.1, -0.05) is 54.0 Å². The molecule has 0 unspecified atom stereocenters. The van der Waals surface area contributed by atoms with Crippen LogP contribution in [0, 0.1) is 0 Å². The van der Waals surface area contributed by atoms with Gasteiger partial charge < -0.3 is 15.8 Å². The molecule has 0 fully saturated rings. The van der Waals surface area contributed by atoms with Crippen LogP contribution in [0.5, 0.6) is 0 Å². The lowest BCUT2D eigenvalue weighted by Gasteiger charge is -2.13. The molecule has 4 rings (SSSR count). The van der Waals surface area contributed by atoms with Crippen molar-refractivity contribution in [3.05, 3.63) is 94.6 Å². The fourth-order valence-electron chi connectivity index (χ4n) is 3.87. The van der Waals surface area contributed by atoms with E-state index in [0.717, 1.165) is 3.97 Å². The van der Waals surface area contributed by atoms with Gasteiger partial charge in [0, 0.05) is 32.9 Å². The van der Waals surface area contributed by atoms with Crippen LogP contribution in [0.25, 0.3) is 16.5 Å². The molecule has 0 saturated carbocycles. The maximum absolute atomic E-state index is 13.9. The van der Waals surface area contributed by atoms with Gasteiger partial charge >= 0.3 is 5.97 Å². The molecule has 4 aromatic rings. The van der Waals surface area contributed by atoms with Crippen molar-refractivity contribution in [2.75, 3.05) is 17.7 Å². The van der Waals surface area contributed by atoms with Gasteiger partial charge in [-0.15, -0.1) is 0 Å². The molecule has 8 nitrogen and oxygen atoms in total. The minimum Gasteiger partial charge on any atom is -0.461 e. The van der Waals surface area contributed by atoms with Crippen molar-refractivity contribution >= 4 is 73.0 Å². The lowest BCUT2D eigenvalue weighted by atomic mass is 10.0. The summed E-state index contributed by atoms with van der Waals surface area (Å²) in [7, 11) is -4.39. The molecule has 1 amide bonds. The van der Waals surface area contributed by atoms with Crippen LogP contribution in [0.1, 0.15) is 23.0 Å². The molecule has 11 heteroatoms. The van der Waals surface area contributed by atoms with Gasteiger partial charge in [-0.2, -0.15) is 0 Å². The number of hydrogen-bond acceptors (Lipinski definition) is 6. The molecule has 1 heterocycles. The monoisotopic (exact) mass is 557 g/mol. The fourth-order valence-corrected chi connectivity index (χ4v) is 5.97. The Hall–Kier alpha value is -3.79. The van der Waals surface area contributed by atoms with E-state index < -0.39 is 27.6 Å². The number of nitrogens with one attached hydrogen (secondary N) is 1. The summed E-state index contributed by atoms with van der Waals surface area (Å²) in [4.78, 5) is 26.5. The predicted molar refractivity (Wildman–Crippen MR) is 145 cm³/mol. The van der Waals surface area contributed by atoms with Crippen LogP contribution >= 0.6 is 23.2 Å². The van der Waals surface area contributed by atoms with Gasteiger partial charge in [-0.05, 0) is 49.4 Å². The third kappa shape index (κ3) is 4.93. The number of carbonyl (C=O) groups excluding carboxylic acids is 2. The van der Waals surface area contributed by atoms with E-state index in [-0.39, 0.29) is 43.6 Å². The number of aromatic nitrogens is 1. The Labute approximate surface area is 223 Å². The molecule has 0 aliphatic rings. The van der Waals surface area contributed by atoms with Gasteiger partial charge in [0.2, 0.25) is 0 Å². The number of esters is 1. The highest BCUT2D eigenvalue weighted by Gasteiger charge is 2.35. The SMILES string of the molecule is C=C(C(=O)Nc1cccc(N)c1)c1c(C(=O)OCC)n(S(=O)(=O)c2ccccc2)c2cc(Cl)cc(Cl)c12. The van der Waals surface area contributed by atoms with E-state index in [1.54, 1.807) is 43.3 Å². The van der Waals surface area contributed by atoms with E-state index in [4.69, 9.17) is 33.7 Å². The quantitative estimate of drug-likeness (QED) is 0.173. The number of hydrogen-bond donors (Lipinski definition) is 2. The number of amides is 1. The standard InChI is InChI=1S/C26H21Cl2N3O5S/c1-3-36-26(33)24-22(15(2)25(32)30-18-9-7-8-17(29)14-18)23-20(28)12-16(27)13-21(23)31(24)37(34,35)19-10-5-4-6-11-19/h4-14H,2-3,29H2,1H3,(H,30,32). The van der Waals surface area contributed by atoms with Gasteiger partial charge in [0.15, 0.2) is 5.69 Å². The first-order chi connectivity index (χ1) is 17.6. The summed E-state index contributed by atoms with van der Waals surface area (Å²) in [5.74, 6) is -1.70. The van der Waals surface area contributed by atoms with Gasteiger partial charge in [-0.3, -0.25) is 4.79 Å². The maximum Gasteiger partial charge on any atom is 0.356 e. The van der Waals surface area contributed by atoms with Crippen LogP contribution < -0.4 is 11.1 Å². The third-order valence-electron chi connectivity index (χ3n) is 5.41. The summed E-state index contributed by atoms with van der Waals surface area (Å²) >= 11 is 12.8. The zero-order valence-corrected chi connectivity index (χ0v) is 21.8. The topological polar surface area (TPSA) is 120 Å². The van der Waals surface area contributed by atoms with E-state index >= 15 is 0 Å². The summed E-state index contributed by atoms with van der Waals surface area (Å²) < 4.78 is 33.7. The summed E-state index contributed by atoms with van der Waals surface area (Å²) in [6, 6.07) is 16.7. The normalized spacial score (nSPS) is 11.3. The van der Waals surface area contributed by atoms with Crippen molar-refractivity contribution < 1.29 is 22.7 Å². The zero-order chi connectivity index (χ0) is 26.9. The second-order valence-electron chi connectivity index (χ2n) is 7.87. The van der Waals surface area contributed by atoms with Crippen LogP contribution in [0.15, 0.2) is 78.2 Å². The molecule has 3 aromatic carbocycles. The molecule has 37 heavy (non-hydrogen) atoms. The molecule has 0 spiro atoms. The minimum atomic E-state index is -4.39. The molecule has 0 radical (unpaired) electrons. The van der Waals surface area contributed by atoms with Crippen molar-refractivity contribution in [3.8, 4) is 0 Å². The lowest BCUT2D eigenvalue weighted by Crippen LogP contribution is -2.22. The highest BCUT2D eigenvalue weighted by Crippen LogP contribution is 2.40. The average Bonchev–Trinajstić information content (AvgIpc) is 3.20. The average molecular weight is 558 g/mol. The van der Waals surface area contributed by atoms with E-state index in [1.165, 1.54) is 30.3 Å². The molecular weight excluding hydrogens is 537 g/mol. The molecule has 0 bridgehead atoms. The molecule has 0 atom stereocenters. The predicted octanol–water partition coefficient (Wildman–Crippen LogP) is 5.60. The van der Waals surface area contributed by atoms with Crippen LogP contribution in [-0.4, -0.2) is 30.9 Å². The highest BCUT2D eigenvalue weighted by atomic mass is 35.5. The molecule has 3 N–H and O–H groups in total. The summed E-state index contributed by atoms with van der Waals surface area (Å²) in [5, 5.41) is 2.89. The van der Waals surface area contributed by atoms with Crippen molar-refractivity contribution in [3.63, 3.8) is 0 Å². The number of rotatable bonds is 7. The van der Waals surface area contributed by atoms with Gasteiger partial charge in [-0.25, -0.2) is 17.2 Å². The van der Waals surface area contributed by atoms with E-state index in [9.17, 15) is 18.0 Å². The molecule has 0 aliphatic heterocycles. The number of halogens is 2. The van der Waals surface area contributed by atoms with Crippen molar-refractivity contribution in [2.45, 2.75) is 11.8 Å². The fraction of sp³-hybridized carbons (Fsp3) is 0.0769. The number of nitrogens with two attached hydrogens (primary N) is 1. The van der Waals surface area contributed by atoms with Crippen LogP contribution in [0.3, 0.4) is 0 Å². The van der Waals surface area contributed by atoms with E-state index in [1.807, 2.05) is 0 Å².